The van der Waals surface area contributed by atoms with Crippen LogP contribution in [0, 0.1) is 5.41 Å². The second kappa shape index (κ2) is 7.00. The van der Waals surface area contributed by atoms with Crippen LogP contribution < -0.4 is 4.74 Å². The van der Waals surface area contributed by atoms with Gasteiger partial charge in [-0.3, -0.25) is 9.79 Å². The van der Waals surface area contributed by atoms with Gasteiger partial charge in [-0.05, 0) is 24.3 Å². The number of thiazole rings is 1. The highest BCUT2D eigenvalue weighted by molar-refractivity contribution is 7.20. The molecule has 2 atom stereocenters. The molecule has 0 radical (unpaired) electrons. The van der Waals surface area contributed by atoms with Gasteiger partial charge in [-0.25, -0.2) is 4.98 Å². The molecule has 0 fully saturated rings. The Morgan fingerprint density at radius 2 is 2.08 bits per heavy atom. The number of carbonyl (C=O) groups excluding carboxylic acids is 1. The fourth-order valence-corrected chi connectivity index (χ4v) is 4.11. The molecule has 1 aromatic heterocycles. The number of halogens is 1. The minimum Gasteiger partial charge on any atom is -0.497 e. The number of amides is 1. The van der Waals surface area contributed by atoms with Gasteiger partial charge in [-0.2, -0.15) is 0 Å². The molecule has 1 aromatic carbocycles. The maximum absolute atomic E-state index is 12.5. The summed E-state index contributed by atoms with van der Waals surface area (Å²) in [6.45, 7) is 5.68. The molecule has 0 aliphatic carbocycles. The molecule has 0 spiro atoms. The second-order valence-electron chi connectivity index (χ2n) is 7.26. The first kappa shape index (κ1) is 18.9. The van der Waals surface area contributed by atoms with Crippen molar-refractivity contribution >= 4 is 44.8 Å². The van der Waals surface area contributed by atoms with Crippen molar-refractivity contribution in [1.82, 2.24) is 9.88 Å². The number of hydrogen-bond donors (Lipinski definition) is 0. The van der Waals surface area contributed by atoms with Gasteiger partial charge in [0.1, 0.15) is 16.3 Å². The summed E-state index contributed by atoms with van der Waals surface area (Å²) in [6.07, 6.45) is 3.82. The average molecular weight is 392 g/mol. The van der Waals surface area contributed by atoms with Crippen LogP contribution in [0.4, 0.5) is 0 Å². The molecule has 0 bridgehead atoms. The Kier molecular flexibility index (Phi) is 5.08. The number of rotatable bonds is 3. The minimum atomic E-state index is -0.548. The van der Waals surface area contributed by atoms with E-state index in [9.17, 15) is 4.79 Å². The highest BCUT2D eigenvalue weighted by Crippen LogP contribution is 2.29. The normalized spacial score (nSPS) is 20.2. The topological polar surface area (TPSA) is 54.8 Å². The highest BCUT2D eigenvalue weighted by Gasteiger charge is 2.33. The lowest BCUT2D eigenvalue weighted by atomic mass is 9.94. The van der Waals surface area contributed by atoms with Crippen LogP contribution >= 0.6 is 22.9 Å². The molecule has 7 heteroatoms. The van der Waals surface area contributed by atoms with E-state index in [0.717, 1.165) is 26.7 Å². The third-order valence-electron chi connectivity index (χ3n) is 4.22. The Morgan fingerprint density at radius 1 is 1.35 bits per heavy atom. The van der Waals surface area contributed by atoms with E-state index in [1.807, 2.05) is 51.1 Å². The lowest BCUT2D eigenvalue weighted by Crippen LogP contribution is -2.46. The predicted molar refractivity (Wildman–Crippen MR) is 108 cm³/mol. The van der Waals surface area contributed by atoms with Gasteiger partial charge in [0.05, 0.1) is 29.1 Å². The van der Waals surface area contributed by atoms with Gasteiger partial charge >= 0.3 is 0 Å². The number of ether oxygens (including phenoxy) is 1. The molecule has 2 unspecified atom stereocenters. The molecule has 2 heterocycles. The molecule has 26 heavy (non-hydrogen) atoms. The van der Waals surface area contributed by atoms with Crippen molar-refractivity contribution in [3.8, 4) is 5.75 Å². The number of likely N-dealkylation sites (N-methyl/N-ethyl adjacent to an activating group) is 1. The molecule has 2 aromatic rings. The minimum absolute atomic E-state index is 0.0310. The number of carbonyl (C=O) groups is 1. The molecular formula is C19H22ClN3O2S. The number of alkyl halides is 1. The van der Waals surface area contributed by atoms with Crippen molar-refractivity contribution in [3.63, 3.8) is 0 Å². The number of dihydropyridines is 1. The van der Waals surface area contributed by atoms with Crippen molar-refractivity contribution in [2.24, 2.45) is 10.4 Å². The SMILES string of the molecule is COc1ccc2nc(C3=NC(Cl)C(N(C)C(=O)C(C)(C)C)C=C3)sc2c1. The second-order valence-corrected chi connectivity index (χ2v) is 8.73. The van der Waals surface area contributed by atoms with Crippen LogP contribution in [0.5, 0.6) is 5.75 Å². The monoisotopic (exact) mass is 391 g/mol. The van der Waals surface area contributed by atoms with E-state index in [4.69, 9.17) is 16.3 Å². The van der Waals surface area contributed by atoms with Gasteiger partial charge < -0.3 is 9.64 Å². The summed E-state index contributed by atoms with van der Waals surface area (Å²) < 4.78 is 6.29. The summed E-state index contributed by atoms with van der Waals surface area (Å²) in [5.41, 5.74) is 0.621. The van der Waals surface area contributed by atoms with Crippen molar-refractivity contribution < 1.29 is 9.53 Å². The molecule has 0 saturated heterocycles. The Balaban J connectivity index is 1.84. The van der Waals surface area contributed by atoms with Crippen LogP contribution in [0.1, 0.15) is 25.8 Å². The van der Waals surface area contributed by atoms with Crippen LogP contribution in [0.3, 0.4) is 0 Å². The number of allylic oxidation sites excluding steroid dienone is 1. The van der Waals surface area contributed by atoms with Gasteiger partial charge in [0.25, 0.3) is 0 Å². The van der Waals surface area contributed by atoms with Crippen LogP contribution in [0.25, 0.3) is 10.2 Å². The van der Waals surface area contributed by atoms with Crippen LogP contribution in [0.2, 0.25) is 0 Å². The van der Waals surface area contributed by atoms with Gasteiger partial charge in [0.2, 0.25) is 5.91 Å². The summed E-state index contributed by atoms with van der Waals surface area (Å²) in [5.74, 6) is 0.829. The van der Waals surface area contributed by atoms with Crippen molar-refractivity contribution in [1.29, 1.82) is 0 Å². The number of aromatic nitrogens is 1. The summed E-state index contributed by atoms with van der Waals surface area (Å²) in [4.78, 5) is 23.4. The molecule has 5 nitrogen and oxygen atoms in total. The first-order valence-electron chi connectivity index (χ1n) is 8.33. The molecule has 3 rings (SSSR count). The first-order chi connectivity index (χ1) is 12.2. The highest BCUT2D eigenvalue weighted by atomic mass is 35.5. The van der Waals surface area contributed by atoms with E-state index in [2.05, 4.69) is 9.98 Å². The Bertz CT molecular complexity index is 898. The average Bonchev–Trinajstić information content (AvgIpc) is 3.02. The first-order valence-corrected chi connectivity index (χ1v) is 9.58. The quantitative estimate of drug-likeness (QED) is 0.584. The van der Waals surface area contributed by atoms with Crippen molar-refractivity contribution in [2.75, 3.05) is 14.2 Å². The largest absolute Gasteiger partial charge is 0.497 e. The maximum Gasteiger partial charge on any atom is 0.228 e. The van der Waals surface area contributed by atoms with Gasteiger partial charge in [0, 0.05) is 12.5 Å². The number of methoxy groups -OCH3 is 1. The molecule has 0 N–H and O–H groups in total. The zero-order valence-electron chi connectivity index (χ0n) is 15.5. The number of aliphatic imine (C=N–C) groups is 1. The standard InChI is InChI=1S/C19H22ClN3O2S/c1-19(2,3)18(24)23(4)14-9-8-13(21-16(14)20)17-22-12-7-6-11(25-5)10-15(12)26-17/h6-10,14,16H,1-5H3. The molecule has 1 amide bonds. The molecular weight excluding hydrogens is 370 g/mol. The fourth-order valence-electron chi connectivity index (χ4n) is 2.78. The maximum atomic E-state index is 12.5. The smallest absolute Gasteiger partial charge is 0.228 e. The number of nitrogens with zero attached hydrogens (tertiary/aromatic N) is 3. The van der Waals surface area contributed by atoms with Crippen LogP contribution in [-0.2, 0) is 4.79 Å². The molecule has 1 aliphatic heterocycles. The van der Waals surface area contributed by atoms with E-state index in [1.54, 1.807) is 30.4 Å². The zero-order chi connectivity index (χ0) is 19.1. The van der Waals surface area contributed by atoms with E-state index >= 15 is 0 Å². The number of fused-ring (bicyclic) bond motifs is 1. The van der Waals surface area contributed by atoms with Crippen molar-refractivity contribution in [2.45, 2.75) is 32.3 Å². The van der Waals surface area contributed by atoms with Crippen LogP contribution in [-0.4, -0.2) is 47.2 Å². The fraction of sp³-hybridized carbons (Fsp3) is 0.421. The summed E-state index contributed by atoms with van der Waals surface area (Å²) in [6, 6.07) is 5.50. The summed E-state index contributed by atoms with van der Waals surface area (Å²) in [7, 11) is 3.41. The van der Waals surface area contributed by atoms with Crippen molar-refractivity contribution in [3.05, 3.63) is 35.4 Å². The van der Waals surface area contributed by atoms with Gasteiger partial charge in [-0.15, -0.1) is 11.3 Å². The zero-order valence-corrected chi connectivity index (χ0v) is 17.1. The summed E-state index contributed by atoms with van der Waals surface area (Å²) in [5, 5.41) is 0.804. The molecule has 0 saturated carbocycles. The third kappa shape index (κ3) is 3.62. The summed E-state index contributed by atoms with van der Waals surface area (Å²) >= 11 is 8.03. The Labute approximate surface area is 162 Å². The number of hydrogen-bond acceptors (Lipinski definition) is 5. The molecule has 138 valence electrons. The van der Waals surface area contributed by atoms with E-state index < -0.39 is 10.9 Å². The number of benzene rings is 1. The van der Waals surface area contributed by atoms with E-state index in [0.29, 0.717) is 0 Å². The third-order valence-corrected chi connectivity index (χ3v) is 5.62. The van der Waals surface area contributed by atoms with Crippen LogP contribution in [0.15, 0.2) is 35.3 Å². The predicted octanol–water partition coefficient (Wildman–Crippen LogP) is 4.10. The van der Waals surface area contributed by atoms with Gasteiger partial charge in [-0.1, -0.05) is 38.4 Å². The lowest BCUT2D eigenvalue weighted by Gasteiger charge is -2.34. The van der Waals surface area contributed by atoms with Gasteiger partial charge in [0.15, 0.2) is 0 Å². The van der Waals surface area contributed by atoms with E-state index in [-0.39, 0.29) is 11.9 Å². The Morgan fingerprint density at radius 3 is 2.69 bits per heavy atom. The lowest BCUT2D eigenvalue weighted by molar-refractivity contribution is -0.139. The Hall–Kier alpha value is -1.92. The van der Waals surface area contributed by atoms with E-state index in [1.165, 1.54) is 0 Å². The molecule has 1 aliphatic rings.